The highest BCUT2D eigenvalue weighted by Gasteiger charge is 2.20. The highest BCUT2D eigenvalue weighted by Crippen LogP contribution is 2.28. The first-order valence-corrected chi connectivity index (χ1v) is 7.78. The van der Waals surface area contributed by atoms with Gasteiger partial charge in [0.05, 0.1) is 41.9 Å². The second-order valence-corrected chi connectivity index (χ2v) is 5.52. The molecule has 0 bridgehead atoms. The molecule has 0 spiro atoms. The van der Waals surface area contributed by atoms with Gasteiger partial charge in [-0.05, 0) is 31.2 Å². The molecule has 1 amide bonds. The molecule has 0 unspecified atom stereocenters. The van der Waals surface area contributed by atoms with E-state index in [0.29, 0.717) is 39.7 Å². The fourth-order valence-corrected chi connectivity index (χ4v) is 2.60. The third-order valence-corrected chi connectivity index (χ3v) is 3.84. The maximum Gasteiger partial charge on any atom is 0.259 e. The van der Waals surface area contributed by atoms with E-state index in [0.717, 1.165) is 0 Å². The minimum absolute atomic E-state index is 0.273. The number of rotatable bonds is 4. The average Bonchev–Trinajstić information content (AvgIpc) is 3.32. The SMILES string of the molecule is COc1ccc(NC(=O)c2cc(-c3ccco3)nc3onc(C)c23)cn1. The maximum absolute atomic E-state index is 12.9. The average molecular weight is 350 g/mol. The van der Waals surface area contributed by atoms with Crippen molar-refractivity contribution in [2.45, 2.75) is 6.92 Å². The molecule has 8 heteroatoms. The first kappa shape index (κ1) is 15.8. The number of hydrogen-bond donors (Lipinski definition) is 1. The molecule has 0 aliphatic heterocycles. The predicted molar refractivity (Wildman–Crippen MR) is 93.0 cm³/mol. The van der Waals surface area contributed by atoms with Gasteiger partial charge >= 0.3 is 0 Å². The van der Waals surface area contributed by atoms with Crippen LogP contribution in [0.3, 0.4) is 0 Å². The number of carbonyl (C=O) groups excluding carboxylic acids is 1. The molecular weight excluding hydrogens is 336 g/mol. The van der Waals surface area contributed by atoms with Crippen molar-refractivity contribution in [1.82, 2.24) is 15.1 Å². The summed E-state index contributed by atoms with van der Waals surface area (Å²) in [5, 5.41) is 7.28. The second kappa shape index (κ2) is 6.32. The molecule has 0 fully saturated rings. The molecule has 26 heavy (non-hydrogen) atoms. The van der Waals surface area contributed by atoms with Crippen LogP contribution in [-0.4, -0.2) is 28.1 Å². The topological polar surface area (TPSA) is 103 Å². The summed E-state index contributed by atoms with van der Waals surface area (Å²) in [5.41, 5.74) is 2.26. The van der Waals surface area contributed by atoms with Crippen molar-refractivity contribution in [3.63, 3.8) is 0 Å². The molecule has 8 nitrogen and oxygen atoms in total. The zero-order chi connectivity index (χ0) is 18.1. The van der Waals surface area contributed by atoms with Crippen molar-refractivity contribution in [1.29, 1.82) is 0 Å². The van der Waals surface area contributed by atoms with E-state index < -0.39 is 0 Å². The summed E-state index contributed by atoms with van der Waals surface area (Å²) in [5.74, 6) is 0.661. The van der Waals surface area contributed by atoms with Crippen molar-refractivity contribution in [2.24, 2.45) is 0 Å². The van der Waals surface area contributed by atoms with Crippen molar-refractivity contribution in [2.75, 3.05) is 12.4 Å². The number of furan rings is 1. The van der Waals surface area contributed by atoms with Crippen LogP contribution >= 0.6 is 0 Å². The Morgan fingerprint density at radius 2 is 2.15 bits per heavy atom. The Morgan fingerprint density at radius 3 is 2.85 bits per heavy atom. The Balaban J connectivity index is 1.75. The predicted octanol–water partition coefficient (Wildman–Crippen LogP) is 3.45. The van der Waals surface area contributed by atoms with Gasteiger partial charge in [-0.2, -0.15) is 0 Å². The van der Waals surface area contributed by atoms with Crippen LogP contribution in [0.15, 0.2) is 51.7 Å². The van der Waals surface area contributed by atoms with Gasteiger partial charge in [-0.25, -0.2) is 9.97 Å². The number of aromatic nitrogens is 3. The minimum Gasteiger partial charge on any atom is -0.481 e. The number of hydrogen-bond acceptors (Lipinski definition) is 7. The summed E-state index contributed by atoms with van der Waals surface area (Å²) in [7, 11) is 1.53. The largest absolute Gasteiger partial charge is 0.481 e. The number of amides is 1. The van der Waals surface area contributed by atoms with Gasteiger partial charge in [-0.15, -0.1) is 0 Å². The Labute approximate surface area is 147 Å². The van der Waals surface area contributed by atoms with E-state index >= 15 is 0 Å². The van der Waals surface area contributed by atoms with E-state index in [1.807, 2.05) is 0 Å². The molecule has 4 heterocycles. The van der Waals surface area contributed by atoms with Gasteiger partial charge in [-0.1, -0.05) is 5.16 Å². The van der Waals surface area contributed by atoms with Crippen LogP contribution in [0, 0.1) is 6.92 Å². The van der Waals surface area contributed by atoms with E-state index in [-0.39, 0.29) is 11.6 Å². The summed E-state index contributed by atoms with van der Waals surface area (Å²) >= 11 is 0. The Hall–Kier alpha value is -3.68. The summed E-state index contributed by atoms with van der Waals surface area (Å²) in [6.07, 6.45) is 3.05. The molecule has 0 saturated carbocycles. The number of anilines is 1. The van der Waals surface area contributed by atoms with Crippen LogP contribution in [-0.2, 0) is 0 Å². The molecule has 0 atom stereocenters. The quantitative estimate of drug-likeness (QED) is 0.601. The molecular formula is C18H14N4O4. The smallest absolute Gasteiger partial charge is 0.259 e. The van der Waals surface area contributed by atoms with E-state index in [1.165, 1.54) is 19.6 Å². The number of nitrogens with zero attached hydrogens (tertiary/aromatic N) is 3. The lowest BCUT2D eigenvalue weighted by Crippen LogP contribution is -2.13. The zero-order valence-electron chi connectivity index (χ0n) is 14.0. The van der Waals surface area contributed by atoms with E-state index in [2.05, 4.69) is 20.4 Å². The van der Waals surface area contributed by atoms with Gasteiger partial charge in [-0.3, -0.25) is 4.79 Å². The molecule has 0 saturated heterocycles. The fraction of sp³-hybridized carbons (Fsp3) is 0.111. The number of pyridine rings is 2. The molecule has 0 radical (unpaired) electrons. The van der Waals surface area contributed by atoms with Crippen LogP contribution in [0.5, 0.6) is 5.88 Å². The maximum atomic E-state index is 12.9. The summed E-state index contributed by atoms with van der Waals surface area (Å²) in [6, 6.07) is 8.52. The molecule has 130 valence electrons. The monoisotopic (exact) mass is 350 g/mol. The Morgan fingerprint density at radius 1 is 1.27 bits per heavy atom. The second-order valence-electron chi connectivity index (χ2n) is 5.52. The van der Waals surface area contributed by atoms with Gasteiger partial charge in [0.1, 0.15) is 5.69 Å². The number of nitrogens with one attached hydrogen (secondary N) is 1. The zero-order valence-corrected chi connectivity index (χ0v) is 14.0. The molecule has 4 aromatic heterocycles. The lowest BCUT2D eigenvalue weighted by Gasteiger charge is -2.08. The highest BCUT2D eigenvalue weighted by molar-refractivity contribution is 6.12. The van der Waals surface area contributed by atoms with E-state index in [9.17, 15) is 4.79 Å². The molecule has 1 N–H and O–H groups in total. The first-order chi connectivity index (χ1) is 12.7. The third kappa shape index (κ3) is 2.77. The minimum atomic E-state index is -0.330. The van der Waals surface area contributed by atoms with Crippen LogP contribution < -0.4 is 10.1 Å². The third-order valence-electron chi connectivity index (χ3n) is 3.84. The van der Waals surface area contributed by atoms with Crippen molar-refractivity contribution in [3.8, 4) is 17.3 Å². The van der Waals surface area contributed by atoms with Crippen molar-refractivity contribution < 1.29 is 18.5 Å². The number of carbonyl (C=O) groups is 1. The van der Waals surface area contributed by atoms with Crippen molar-refractivity contribution >= 4 is 22.7 Å². The van der Waals surface area contributed by atoms with Gasteiger partial charge < -0.3 is 19.0 Å². The van der Waals surface area contributed by atoms with E-state index in [1.54, 1.807) is 37.3 Å². The van der Waals surface area contributed by atoms with Crippen LogP contribution in [0.4, 0.5) is 5.69 Å². The van der Waals surface area contributed by atoms with Gasteiger partial charge in [0, 0.05) is 6.07 Å². The fourth-order valence-electron chi connectivity index (χ4n) is 2.60. The van der Waals surface area contributed by atoms with Crippen LogP contribution in [0.2, 0.25) is 0 Å². The molecule has 0 aliphatic rings. The number of aryl methyl sites for hydroxylation is 1. The Kier molecular flexibility index (Phi) is 3.85. The van der Waals surface area contributed by atoms with Crippen molar-refractivity contribution in [3.05, 3.63) is 54.0 Å². The summed E-state index contributed by atoms with van der Waals surface area (Å²) in [4.78, 5) is 21.3. The highest BCUT2D eigenvalue weighted by atomic mass is 16.5. The molecule has 4 rings (SSSR count). The number of methoxy groups -OCH3 is 1. The molecule has 4 aromatic rings. The van der Waals surface area contributed by atoms with Gasteiger partial charge in [0.25, 0.3) is 11.6 Å². The van der Waals surface area contributed by atoms with Crippen LogP contribution in [0.25, 0.3) is 22.6 Å². The molecule has 0 aromatic carbocycles. The van der Waals surface area contributed by atoms with Gasteiger partial charge in [0.2, 0.25) is 5.88 Å². The van der Waals surface area contributed by atoms with Crippen LogP contribution in [0.1, 0.15) is 16.1 Å². The number of ether oxygens (including phenoxy) is 1. The lowest BCUT2D eigenvalue weighted by molar-refractivity contribution is 0.102. The normalized spacial score (nSPS) is 10.8. The summed E-state index contributed by atoms with van der Waals surface area (Å²) < 4.78 is 15.6. The summed E-state index contributed by atoms with van der Waals surface area (Å²) in [6.45, 7) is 1.76. The number of fused-ring (bicyclic) bond motifs is 1. The van der Waals surface area contributed by atoms with Gasteiger partial charge in [0.15, 0.2) is 5.76 Å². The molecule has 0 aliphatic carbocycles. The van der Waals surface area contributed by atoms with E-state index in [4.69, 9.17) is 13.7 Å². The lowest BCUT2D eigenvalue weighted by atomic mass is 10.1. The first-order valence-electron chi connectivity index (χ1n) is 7.78. The Bertz CT molecular complexity index is 1070. The standard InChI is InChI=1S/C18H14N4O4/c1-10-16-12(17(23)20-11-5-6-15(24-2)19-9-11)8-13(14-4-3-7-25-14)21-18(16)26-22-10/h3-9H,1-2H3,(H,20,23).